The minimum Gasteiger partial charge on any atom is -0.394 e. The molecule has 30 atom stereocenters. The van der Waals surface area contributed by atoms with Crippen LogP contribution < -0.4 is 16.0 Å². The van der Waals surface area contributed by atoms with Crippen molar-refractivity contribution < 1.29 is 148 Å². The zero-order valence-electron chi connectivity index (χ0n) is 41.4. The van der Waals surface area contributed by atoms with Crippen molar-refractivity contribution in [3.8, 4) is 0 Å². The van der Waals surface area contributed by atoms with Crippen LogP contribution in [-0.4, -0.2) is 323 Å². The maximum absolute atomic E-state index is 12.6. The first-order valence-corrected chi connectivity index (χ1v) is 24.4. The summed E-state index contributed by atoms with van der Waals surface area (Å²) in [4.78, 5) is 37.1. The van der Waals surface area contributed by atoms with E-state index < -0.39 is 241 Å². The molecule has 0 aromatic carbocycles. The van der Waals surface area contributed by atoms with Gasteiger partial charge in [0, 0.05) is 20.8 Å². The molecule has 76 heavy (non-hydrogen) atoms. The number of hydrogen-bond acceptors (Lipinski definition) is 30. The van der Waals surface area contributed by atoms with Gasteiger partial charge in [-0.1, -0.05) is 0 Å². The summed E-state index contributed by atoms with van der Waals surface area (Å²) in [5.74, 6) is -2.17. The standard InChI is InChI=1S/C43H73N3O30/c1-11-21(44-12(2)53)27(59)34(18(8-50)66-11)72-39-22(45-13(3)54)28(60)36(20(10-52)70-39)74-42-33(65)37(26(58)17(7-49)68-42)75-43-38(31(63)25(57)16(6-48)69-43)76-40-23(46-14(4)55)29(61)35(19(9-51)71-40)73-41-32(64)30(62)24(56)15(5-47)67-41/h11,15-43,47-52,56-65H,5-10H2,1-4H3,(H,44,53)(H,45,54)(H,46,55)/t11-,15?,16?,17?,18?,19?,20?,21?,22?,23?,24-,25-,26-,27+,28+,29+,30-,31?,32?,33?,34-,35-,36-,37-,38?,39-,40-,41-,42-,43-/m0/s1. The molecule has 6 fully saturated rings. The molecule has 0 spiro atoms. The van der Waals surface area contributed by atoms with Gasteiger partial charge in [0.25, 0.3) is 0 Å². The Kier molecular flexibility index (Phi) is 22.4. The van der Waals surface area contributed by atoms with E-state index in [0.29, 0.717) is 0 Å². The quantitative estimate of drug-likeness (QED) is 0.0571. The van der Waals surface area contributed by atoms with Crippen LogP contribution in [-0.2, 0) is 66.5 Å². The number of rotatable bonds is 19. The summed E-state index contributed by atoms with van der Waals surface area (Å²) in [6.45, 7) is -0.877. The lowest BCUT2D eigenvalue weighted by Crippen LogP contribution is -2.70. The van der Waals surface area contributed by atoms with E-state index in [1.807, 2.05) is 0 Å². The Morgan fingerprint density at radius 3 is 1.08 bits per heavy atom. The van der Waals surface area contributed by atoms with E-state index in [4.69, 9.17) is 52.1 Å². The number of nitrogens with one attached hydrogen (secondary N) is 3. The minimum atomic E-state index is -2.25. The molecule has 33 heteroatoms. The maximum Gasteiger partial charge on any atom is 0.217 e. The molecule has 6 aliphatic heterocycles. The topological polar surface area (TPSA) is 513 Å². The summed E-state index contributed by atoms with van der Waals surface area (Å²) < 4.78 is 64.2. The van der Waals surface area contributed by atoms with Gasteiger partial charge in [0.2, 0.25) is 17.7 Å². The lowest BCUT2D eigenvalue weighted by molar-refractivity contribution is -0.395. The summed E-state index contributed by atoms with van der Waals surface area (Å²) in [5, 5.41) is 181. The average molecular weight is 1110 g/mol. The van der Waals surface area contributed by atoms with Crippen LogP contribution in [0.5, 0.6) is 0 Å². The van der Waals surface area contributed by atoms with Crippen LogP contribution in [0.2, 0.25) is 0 Å². The second-order valence-electron chi connectivity index (χ2n) is 19.3. The number of ether oxygens (including phenoxy) is 11. The molecule has 0 saturated carbocycles. The van der Waals surface area contributed by atoms with Crippen LogP contribution in [0, 0.1) is 0 Å². The van der Waals surface area contributed by atoms with Gasteiger partial charge in [-0.25, -0.2) is 0 Å². The molecule has 33 nitrogen and oxygen atoms in total. The SMILES string of the molecule is CC(=O)NC1[C@H](OC2C(O)[C@@H](O)C(CO)O[C@H]2O[C@@H]2C(O)[C@H](O[C@H]3C(CO)O[C@@H](O[C@H]4C(CO)O[C@@H](C)C(NC(C)=O)[C@H]4O)C(NC(C)=O)[C@H]3O)OC(CO)[C@@H]2O)OC(CO)[C@H](O[C@@H]2OC(CO)[C@H](O)[C@H](O)C2O)[C@@H]1O. The summed E-state index contributed by atoms with van der Waals surface area (Å²) >= 11 is 0. The van der Waals surface area contributed by atoms with Crippen LogP contribution in [0.3, 0.4) is 0 Å². The van der Waals surface area contributed by atoms with E-state index >= 15 is 0 Å². The van der Waals surface area contributed by atoms with Crippen molar-refractivity contribution in [3.63, 3.8) is 0 Å². The molecule has 6 rings (SSSR count). The second kappa shape index (κ2) is 27.2. The Hall–Kier alpha value is -2.67. The molecule has 0 aromatic rings. The predicted octanol–water partition coefficient (Wildman–Crippen LogP) is -12.6. The smallest absolute Gasteiger partial charge is 0.217 e. The summed E-state index contributed by atoms with van der Waals surface area (Å²) in [7, 11) is 0. The Labute approximate surface area is 432 Å². The van der Waals surface area contributed by atoms with E-state index in [-0.39, 0.29) is 0 Å². The van der Waals surface area contributed by atoms with E-state index in [1.54, 1.807) is 0 Å². The molecule has 440 valence electrons. The maximum atomic E-state index is 12.6. The highest BCUT2D eigenvalue weighted by atomic mass is 16.8. The van der Waals surface area contributed by atoms with Crippen molar-refractivity contribution in [2.45, 2.75) is 212 Å². The Morgan fingerprint density at radius 1 is 0.329 bits per heavy atom. The van der Waals surface area contributed by atoms with E-state index in [9.17, 15) is 96.1 Å². The Morgan fingerprint density at radius 2 is 0.645 bits per heavy atom. The number of carbonyl (C=O) groups is 3. The van der Waals surface area contributed by atoms with Gasteiger partial charge in [-0.05, 0) is 6.92 Å². The van der Waals surface area contributed by atoms with Crippen LogP contribution in [0.4, 0.5) is 0 Å². The van der Waals surface area contributed by atoms with Gasteiger partial charge in [-0.3, -0.25) is 14.4 Å². The van der Waals surface area contributed by atoms with Crippen LogP contribution in [0.1, 0.15) is 27.7 Å². The van der Waals surface area contributed by atoms with Crippen molar-refractivity contribution >= 4 is 17.7 Å². The van der Waals surface area contributed by atoms with Gasteiger partial charge in [0.1, 0.15) is 140 Å². The third-order valence-corrected chi connectivity index (χ3v) is 13.9. The largest absolute Gasteiger partial charge is 0.394 e. The molecule has 13 unspecified atom stereocenters. The molecular formula is C43H73N3O30. The van der Waals surface area contributed by atoms with Crippen molar-refractivity contribution in [2.24, 2.45) is 0 Å². The van der Waals surface area contributed by atoms with Gasteiger partial charge in [-0.15, -0.1) is 0 Å². The van der Waals surface area contributed by atoms with Crippen LogP contribution >= 0.6 is 0 Å². The Balaban J connectivity index is 1.24. The minimum absolute atomic E-state index is 0.549. The zero-order chi connectivity index (χ0) is 56.2. The van der Waals surface area contributed by atoms with E-state index in [1.165, 1.54) is 13.8 Å². The highest BCUT2D eigenvalue weighted by Crippen LogP contribution is 2.37. The summed E-state index contributed by atoms with van der Waals surface area (Å²) in [5.41, 5.74) is 0. The van der Waals surface area contributed by atoms with E-state index in [2.05, 4.69) is 16.0 Å². The zero-order valence-corrected chi connectivity index (χ0v) is 41.4. The fraction of sp³-hybridized carbons (Fsp3) is 0.930. The lowest BCUT2D eigenvalue weighted by atomic mass is 9.92. The molecule has 0 radical (unpaired) electrons. The third kappa shape index (κ3) is 13.6. The molecule has 19 N–H and O–H groups in total. The van der Waals surface area contributed by atoms with Gasteiger partial charge in [-0.2, -0.15) is 0 Å². The summed E-state index contributed by atoms with van der Waals surface area (Å²) in [6.07, 6.45) is -49.3. The number of aliphatic hydroxyl groups is 16. The second-order valence-corrected chi connectivity index (χ2v) is 19.3. The molecular weight excluding hydrogens is 1040 g/mol. The average Bonchev–Trinajstić information content (AvgIpc) is 3.38. The lowest BCUT2D eigenvalue weighted by Gasteiger charge is -2.51. The van der Waals surface area contributed by atoms with Gasteiger partial charge >= 0.3 is 0 Å². The number of carbonyl (C=O) groups excluding carboxylic acids is 3. The predicted molar refractivity (Wildman–Crippen MR) is 237 cm³/mol. The number of aliphatic hydroxyl groups excluding tert-OH is 16. The highest BCUT2D eigenvalue weighted by Gasteiger charge is 2.58. The first-order valence-electron chi connectivity index (χ1n) is 24.4. The fourth-order valence-electron chi connectivity index (χ4n) is 9.96. The molecule has 0 aliphatic carbocycles. The number of hydrogen-bond donors (Lipinski definition) is 19. The monoisotopic (exact) mass is 1110 g/mol. The highest BCUT2D eigenvalue weighted by molar-refractivity contribution is 5.74. The van der Waals surface area contributed by atoms with Crippen molar-refractivity contribution in [2.75, 3.05) is 39.6 Å². The number of amides is 3. The van der Waals surface area contributed by atoms with Crippen molar-refractivity contribution in [1.82, 2.24) is 16.0 Å². The third-order valence-electron chi connectivity index (χ3n) is 13.9. The molecule has 6 saturated heterocycles. The first kappa shape index (κ1) is 62.5. The van der Waals surface area contributed by atoms with Crippen molar-refractivity contribution in [1.29, 1.82) is 0 Å². The van der Waals surface area contributed by atoms with Gasteiger partial charge < -0.3 is 150 Å². The molecule has 0 bridgehead atoms. The van der Waals surface area contributed by atoms with Crippen LogP contribution in [0.15, 0.2) is 0 Å². The molecule has 6 aliphatic rings. The Bertz CT molecular complexity index is 1870. The molecule has 3 amide bonds. The van der Waals surface area contributed by atoms with Crippen molar-refractivity contribution in [3.05, 3.63) is 0 Å². The fourth-order valence-corrected chi connectivity index (χ4v) is 9.96. The normalized spacial score (nSPS) is 48.2. The first-order chi connectivity index (χ1) is 35.9. The van der Waals surface area contributed by atoms with Crippen LogP contribution in [0.25, 0.3) is 0 Å². The summed E-state index contributed by atoms with van der Waals surface area (Å²) in [6, 6.07) is -4.51. The van der Waals surface area contributed by atoms with E-state index in [0.717, 1.165) is 13.8 Å². The molecule has 6 heterocycles. The van der Waals surface area contributed by atoms with Gasteiger partial charge in [0.05, 0.1) is 51.8 Å². The molecule has 0 aromatic heterocycles. The van der Waals surface area contributed by atoms with Gasteiger partial charge in [0.15, 0.2) is 31.5 Å².